The molecule has 39 heavy (non-hydrogen) atoms. The zero-order chi connectivity index (χ0) is 27.0. The Morgan fingerprint density at radius 1 is 1.10 bits per heavy atom. The number of rotatable bonds is 10. The van der Waals surface area contributed by atoms with Gasteiger partial charge in [-0.15, -0.1) is 5.10 Å². The lowest BCUT2D eigenvalue weighted by atomic mass is 9.98. The number of ether oxygens (including phenoxy) is 1. The van der Waals surface area contributed by atoms with Gasteiger partial charge in [0.25, 0.3) is 0 Å². The second kappa shape index (κ2) is 10.4. The number of hydrogen-bond acceptors (Lipinski definition) is 8. The van der Waals surface area contributed by atoms with Crippen molar-refractivity contribution in [3.8, 4) is 6.01 Å². The highest BCUT2D eigenvalue weighted by Crippen LogP contribution is 2.46. The maximum absolute atomic E-state index is 6.31. The lowest BCUT2D eigenvalue weighted by Crippen LogP contribution is -2.33. The molecule has 1 fully saturated rings. The van der Waals surface area contributed by atoms with Gasteiger partial charge in [0.2, 0.25) is 0 Å². The van der Waals surface area contributed by atoms with Crippen LogP contribution in [0.5, 0.6) is 6.01 Å². The third-order valence-corrected chi connectivity index (χ3v) is 8.10. The number of hydrogen-bond donors (Lipinski definition) is 1. The van der Waals surface area contributed by atoms with Gasteiger partial charge in [-0.05, 0) is 56.8 Å². The van der Waals surface area contributed by atoms with Crippen molar-refractivity contribution in [2.45, 2.75) is 45.7 Å². The van der Waals surface area contributed by atoms with Crippen molar-refractivity contribution in [3.63, 3.8) is 0 Å². The minimum Gasteiger partial charge on any atom is -0.463 e. The first-order valence-corrected chi connectivity index (χ1v) is 13.9. The molecule has 4 aromatic rings. The van der Waals surface area contributed by atoms with E-state index in [1.807, 2.05) is 7.05 Å². The fourth-order valence-corrected chi connectivity index (χ4v) is 5.84. The van der Waals surface area contributed by atoms with Crippen molar-refractivity contribution in [1.82, 2.24) is 29.9 Å². The predicted molar refractivity (Wildman–Crippen MR) is 154 cm³/mol. The van der Waals surface area contributed by atoms with E-state index in [-0.39, 0.29) is 5.41 Å². The molecule has 0 radical (unpaired) electrons. The number of anilines is 2. The maximum atomic E-state index is 6.31. The van der Waals surface area contributed by atoms with E-state index in [4.69, 9.17) is 14.7 Å². The van der Waals surface area contributed by atoms with Gasteiger partial charge in [0.1, 0.15) is 5.82 Å². The molecular formula is C30H38N8O. The summed E-state index contributed by atoms with van der Waals surface area (Å²) < 4.78 is 8.09. The van der Waals surface area contributed by atoms with E-state index in [1.54, 1.807) is 10.9 Å². The highest BCUT2D eigenvalue weighted by atomic mass is 16.5. The molecule has 204 valence electrons. The number of fused-ring (bicyclic) bond motifs is 2. The van der Waals surface area contributed by atoms with Gasteiger partial charge < -0.3 is 19.9 Å². The molecule has 1 aliphatic carbocycles. The third-order valence-electron chi connectivity index (χ3n) is 8.10. The van der Waals surface area contributed by atoms with Crippen molar-refractivity contribution in [2.75, 3.05) is 44.0 Å². The zero-order valence-corrected chi connectivity index (χ0v) is 23.4. The van der Waals surface area contributed by atoms with E-state index in [9.17, 15) is 0 Å². The van der Waals surface area contributed by atoms with E-state index in [0.717, 1.165) is 49.7 Å². The van der Waals surface area contributed by atoms with E-state index < -0.39 is 0 Å². The van der Waals surface area contributed by atoms with Crippen LogP contribution in [0.4, 0.5) is 11.5 Å². The first-order valence-electron chi connectivity index (χ1n) is 13.9. The molecule has 0 bridgehead atoms. The summed E-state index contributed by atoms with van der Waals surface area (Å²) in [4.78, 5) is 14.6. The van der Waals surface area contributed by atoms with Crippen molar-refractivity contribution >= 4 is 22.3 Å². The van der Waals surface area contributed by atoms with Gasteiger partial charge in [-0.25, -0.2) is 0 Å². The van der Waals surface area contributed by atoms with Crippen LogP contribution < -0.4 is 15.0 Å². The van der Waals surface area contributed by atoms with Crippen molar-refractivity contribution in [3.05, 3.63) is 65.1 Å². The molecule has 0 saturated heterocycles. The fraction of sp³-hybridized carbons (Fsp3) is 0.467. The largest absolute Gasteiger partial charge is 0.463 e. The third kappa shape index (κ3) is 5.28. The number of nitrogens with one attached hydrogen (secondary N) is 1. The molecule has 1 aliphatic heterocycles. The van der Waals surface area contributed by atoms with Gasteiger partial charge in [-0.2, -0.15) is 9.97 Å². The Morgan fingerprint density at radius 2 is 1.92 bits per heavy atom. The average Bonchev–Trinajstić information content (AvgIpc) is 3.58. The molecule has 9 heteroatoms. The van der Waals surface area contributed by atoms with Crippen molar-refractivity contribution in [2.24, 2.45) is 12.5 Å². The van der Waals surface area contributed by atoms with E-state index in [0.29, 0.717) is 19.2 Å². The van der Waals surface area contributed by atoms with Crippen LogP contribution in [0.15, 0.2) is 42.6 Å². The summed E-state index contributed by atoms with van der Waals surface area (Å²) in [5.41, 5.74) is 6.05. The molecule has 2 aliphatic rings. The molecular weight excluding hydrogens is 488 g/mol. The highest BCUT2D eigenvalue weighted by Gasteiger charge is 2.44. The highest BCUT2D eigenvalue weighted by molar-refractivity contribution is 5.97. The molecule has 9 nitrogen and oxygen atoms in total. The molecule has 1 N–H and O–H groups in total. The lowest BCUT2D eigenvalue weighted by Gasteiger charge is -2.32. The van der Waals surface area contributed by atoms with Gasteiger partial charge in [0.15, 0.2) is 0 Å². The van der Waals surface area contributed by atoms with E-state index in [2.05, 4.69) is 82.8 Å². The molecule has 2 aromatic carbocycles. The predicted octanol–water partition coefficient (Wildman–Crippen LogP) is 4.22. The van der Waals surface area contributed by atoms with Crippen LogP contribution in [0, 0.1) is 5.41 Å². The van der Waals surface area contributed by atoms with Gasteiger partial charge in [-0.3, -0.25) is 4.68 Å². The molecule has 0 unspecified atom stereocenters. The Morgan fingerprint density at radius 3 is 2.64 bits per heavy atom. The monoisotopic (exact) mass is 526 g/mol. The number of aromatic nitrogens is 5. The molecule has 3 heterocycles. The van der Waals surface area contributed by atoms with Crippen molar-refractivity contribution in [1.29, 1.82) is 0 Å². The fourth-order valence-electron chi connectivity index (χ4n) is 5.84. The normalized spacial score (nSPS) is 16.0. The standard InChI is InChI=1S/C30H38N8O/c1-5-21-8-6-9-22-10-7-11-26(27(21)22)38-15-12-24-25(18-38)33-29(39-20-30(13-14-30)19-36(2)3)34-28(24)31-16-23-17-32-35-37(23)4/h6-11,17H,5,12-16,18-20H2,1-4H3,(H,31,33,34). The summed E-state index contributed by atoms with van der Waals surface area (Å²) in [5.74, 6) is 0.848. The topological polar surface area (TPSA) is 84.2 Å². The second-order valence-electron chi connectivity index (χ2n) is 11.3. The first-order chi connectivity index (χ1) is 18.9. The summed E-state index contributed by atoms with van der Waals surface area (Å²) in [6.07, 6.45) is 6.01. The first kappa shape index (κ1) is 25.6. The molecule has 1 saturated carbocycles. The van der Waals surface area contributed by atoms with Gasteiger partial charge in [-0.1, -0.05) is 42.5 Å². The SMILES string of the molecule is CCc1cccc2cccc(N3CCc4c(nc(OCC5(CN(C)C)CC5)nc4NCc4cnnn4C)C3)c12. The van der Waals surface area contributed by atoms with Gasteiger partial charge >= 0.3 is 6.01 Å². The van der Waals surface area contributed by atoms with Crippen LogP contribution in [0.1, 0.15) is 42.3 Å². The number of nitrogens with zero attached hydrogens (tertiary/aromatic N) is 7. The maximum Gasteiger partial charge on any atom is 0.318 e. The quantitative estimate of drug-likeness (QED) is 0.329. The zero-order valence-electron chi connectivity index (χ0n) is 23.4. The molecule has 0 spiro atoms. The molecule has 2 aromatic heterocycles. The number of benzene rings is 2. The van der Waals surface area contributed by atoms with Crippen LogP contribution in [0.25, 0.3) is 10.8 Å². The lowest BCUT2D eigenvalue weighted by molar-refractivity contribution is 0.182. The molecule has 0 atom stereocenters. The van der Waals surface area contributed by atoms with E-state index in [1.165, 1.54) is 40.4 Å². The minimum absolute atomic E-state index is 0.211. The summed E-state index contributed by atoms with van der Waals surface area (Å²) in [7, 11) is 6.15. The van der Waals surface area contributed by atoms with Crippen LogP contribution in [-0.4, -0.2) is 63.7 Å². The van der Waals surface area contributed by atoms with Crippen LogP contribution in [0.3, 0.4) is 0 Å². The van der Waals surface area contributed by atoms with Gasteiger partial charge in [0.05, 0.1) is 37.3 Å². The van der Waals surface area contributed by atoms with Crippen LogP contribution in [0.2, 0.25) is 0 Å². The van der Waals surface area contributed by atoms with Crippen molar-refractivity contribution < 1.29 is 4.74 Å². The Kier molecular flexibility index (Phi) is 6.85. The van der Waals surface area contributed by atoms with E-state index >= 15 is 0 Å². The van der Waals surface area contributed by atoms with Crippen LogP contribution in [-0.2, 0) is 33.0 Å². The summed E-state index contributed by atoms with van der Waals surface area (Å²) >= 11 is 0. The Balaban J connectivity index is 1.31. The molecule has 0 amide bonds. The molecule has 6 rings (SSSR count). The van der Waals surface area contributed by atoms with Crippen LogP contribution >= 0.6 is 0 Å². The second-order valence-corrected chi connectivity index (χ2v) is 11.3. The summed E-state index contributed by atoms with van der Waals surface area (Å²) in [5, 5.41) is 14.3. The Hall–Kier alpha value is -3.72. The van der Waals surface area contributed by atoms with Gasteiger partial charge in [0, 0.05) is 42.2 Å². The minimum atomic E-state index is 0.211. The summed E-state index contributed by atoms with van der Waals surface area (Å²) in [6, 6.07) is 13.7. The summed E-state index contributed by atoms with van der Waals surface area (Å²) in [6.45, 7) is 6.10. The smallest absolute Gasteiger partial charge is 0.318 e. The Labute approximate surface area is 230 Å². The average molecular weight is 527 g/mol. The Bertz CT molecular complexity index is 1470. The number of aryl methyl sites for hydroxylation is 2.